The van der Waals surface area contributed by atoms with E-state index in [0.29, 0.717) is 13.0 Å². The fraction of sp³-hybridized carbons (Fsp3) is 0.385. The van der Waals surface area contributed by atoms with Crippen LogP contribution in [0.2, 0.25) is 0 Å². The first kappa shape index (κ1) is 11.6. The summed E-state index contributed by atoms with van der Waals surface area (Å²) in [6, 6.07) is 7.55. The van der Waals surface area contributed by atoms with Gasteiger partial charge in [-0.1, -0.05) is 18.2 Å². The minimum Gasteiger partial charge on any atom is -0.458 e. The van der Waals surface area contributed by atoms with Gasteiger partial charge in [-0.2, -0.15) is 0 Å². The molecule has 1 atom stereocenters. The zero-order chi connectivity index (χ0) is 12.4. The van der Waals surface area contributed by atoms with Crippen molar-refractivity contribution >= 4 is 17.6 Å². The second-order valence-corrected chi connectivity index (χ2v) is 4.12. The molecule has 1 heterocycles. The summed E-state index contributed by atoms with van der Waals surface area (Å²) in [6.07, 6.45) is 0.412. The third-order valence-corrected chi connectivity index (χ3v) is 2.88. The Hall–Kier alpha value is -1.84. The number of rotatable bonds is 1. The van der Waals surface area contributed by atoms with Gasteiger partial charge >= 0.3 is 5.97 Å². The number of benzene rings is 1. The largest absolute Gasteiger partial charge is 0.458 e. The van der Waals surface area contributed by atoms with Crippen molar-refractivity contribution in [3.05, 3.63) is 29.8 Å². The third kappa shape index (κ3) is 2.30. The number of ether oxygens (including phenoxy) is 1. The molecule has 2 rings (SSSR count). The highest BCUT2D eigenvalue weighted by molar-refractivity contribution is 5.93. The summed E-state index contributed by atoms with van der Waals surface area (Å²) >= 11 is 0. The van der Waals surface area contributed by atoms with Crippen molar-refractivity contribution in [2.45, 2.75) is 26.4 Å². The van der Waals surface area contributed by atoms with Gasteiger partial charge in [-0.3, -0.25) is 9.59 Å². The molecule has 0 fully saturated rings. The predicted octanol–water partition coefficient (Wildman–Crippen LogP) is 2.05. The Kier molecular flexibility index (Phi) is 3.13. The topological polar surface area (TPSA) is 46.6 Å². The molecular weight excluding hydrogens is 218 g/mol. The van der Waals surface area contributed by atoms with Crippen LogP contribution in [-0.2, 0) is 14.3 Å². The molecule has 0 aliphatic carbocycles. The van der Waals surface area contributed by atoms with Crippen LogP contribution in [0.25, 0.3) is 0 Å². The Bertz CT molecular complexity index is 456. The highest BCUT2D eigenvalue weighted by Gasteiger charge is 2.28. The van der Waals surface area contributed by atoms with E-state index in [1.165, 1.54) is 6.92 Å². The number of esters is 1. The maximum absolute atomic E-state index is 11.5. The van der Waals surface area contributed by atoms with Crippen LogP contribution in [0, 0.1) is 0 Å². The maximum atomic E-state index is 11.5. The van der Waals surface area contributed by atoms with Gasteiger partial charge in [0.2, 0.25) is 5.91 Å². The molecule has 0 radical (unpaired) electrons. The van der Waals surface area contributed by atoms with Crippen LogP contribution in [0.3, 0.4) is 0 Å². The zero-order valence-corrected chi connectivity index (χ0v) is 9.97. The normalized spacial score (nSPS) is 18.5. The van der Waals surface area contributed by atoms with Crippen LogP contribution in [0.15, 0.2) is 24.3 Å². The lowest BCUT2D eigenvalue weighted by atomic mass is 9.98. The van der Waals surface area contributed by atoms with Gasteiger partial charge in [0.05, 0.1) is 5.69 Å². The van der Waals surface area contributed by atoms with Crippen LogP contribution < -0.4 is 4.90 Å². The number of hydrogen-bond acceptors (Lipinski definition) is 3. The molecule has 1 unspecified atom stereocenters. The quantitative estimate of drug-likeness (QED) is 0.697. The lowest BCUT2D eigenvalue weighted by Crippen LogP contribution is -2.35. The van der Waals surface area contributed by atoms with Gasteiger partial charge in [-0.05, 0) is 6.07 Å². The Morgan fingerprint density at radius 2 is 2.00 bits per heavy atom. The van der Waals surface area contributed by atoms with Crippen molar-refractivity contribution in [1.29, 1.82) is 0 Å². The number of amides is 1. The van der Waals surface area contributed by atoms with Crippen LogP contribution in [0.4, 0.5) is 5.69 Å². The van der Waals surface area contributed by atoms with Gasteiger partial charge in [-0.25, -0.2) is 0 Å². The standard InChI is InChI=1S/C13H15NO3/c1-9(15)14-8-7-13(17-10(2)16)11-5-3-4-6-12(11)14/h3-6,13H,7-8H2,1-2H3. The Labute approximate surface area is 100 Å². The molecule has 0 aromatic heterocycles. The molecule has 1 amide bonds. The lowest BCUT2D eigenvalue weighted by Gasteiger charge is -2.33. The molecule has 17 heavy (non-hydrogen) atoms. The first-order valence-electron chi connectivity index (χ1n) is 5.64. The fourth-order valence-corrected chi connectivity index (χ4v) is 2.18. The molecular formula is C13H15NO3. The van der Waals surface area contributed by atoms with Crippen molar-refractivity contribution in [2.75, 3.05) is 11.4 Å². The van der Waals surface area contributed by atoms with Gasteiger partial charge in [0.1, 0.15) is 6.10 Å². The maximum Gasteiger partial charge on any atom is 0.303 e. The second kappa shape index (κ2) is 4.57. The number of carbonyl (C=O) groups excluding carboxylic acids is 2. The van der Waals surface area contributed by atoms with Crippen LogP contribution in [0.1, 0.15) is 31.9 Å². The van der Waals surface area contributed by atoms with Gasteiger partial charge < -0.3 is 9.64 Å². The van der Waals surface area contributed by atoms with Gasteiger partial charge in [0, 0.05) is 32.4 Å². The minimum atomic E-state index is -0.291. The van der Waals surface area contributed by atoms with Gasteiger partial charge in [-0.15, -0.1) is 0 Å². The Balaban J connectivity index is 2.36. The van der Waals surface area contributed by atoms with E-state index in [0.717, 1.165) is 11.3 Å². The van der Waals surface area contributed by atoms with Crippen LogP contribution >= 0.6 is 0 Å². The van der Waals surface area contributed by atoms with Gasteiger partial charge in [0.25, 0.3) is 0 Å². The van der Waals surface area contributed by atoms with Crippen molar-refractivity contribution < 1.29 is 14.3 Å². The van der Waals surface area contributed by atoms with Crippen molar-refractivity contribution in [1.82, 2.24) is 0 Å². The second-order valence-electron chi connectivity index (χ2n) is 4.12. The average Bonchev–Trinajstić information content (AvgIpc) is 2.28. The summed E-state index contributed by atoms with van der Waals surface area (Å²) < 4.78 is 5.27. The van der Waals surface area contributed by atoms with Crippen molar-refractivity contribution in [2.24, 2.45) is 0 Å². The summed E-state index contributed by atoms with van der Waals surface area (Å²) in [5.74, 6) is -0.278. The number of fused-ring (bicyclic) bond motifs is 1. The van der Waals surface area contributed by atoms with Crippen molar-refractivity contribution in [3.63, 3.8) is 0 Å². The predicted molar refractivity (Wildman–Crippen MR) is 63.6 cm³/mol. The van der Waals surface area contributed by atoms with Gasteiger partial charge in [0.15, 0.2) is 0 Å². The first-order valence-corrected chi connectivity index (χ1v) is 5.64. The summed E-state index contributed by atoms with van der Waals surface area (Å²) in [6.45, 7) is 3.53. The number of anilines is 1. The van der Waals surface area contributed by atoms with E-state index in [2.05, 4.69) is 0 Å². The molecule has 1 aromatic rings. The van der Waals surface area contributed by atoms with Crippen LogP contribution in [0.5, 0.6) is 0 Å². The molecule has 0 saturated carbocycles. The Morgan fingerprint density at radius 1 is 1.29 bits per heavy atom. The molecule has 90 valence electrons. The zero-order valence-electron chi connectivity index (χ0n) is 9.97. The fourth-order valence-electron chi connectivity index (χ4n) is 2.18. The number of nitrogens with zero attached hydrogens (tertiary/aromatic N) is 1. The minimum absolute atomic E-state index is 0.0127. The number of para-hydroxylation sites is 1. The highest BCUT2D eigenvalue weighted by atomic mass is 16.5. The van der Waals surface area contributed by atoms with E-state index in [4.69, 9.17) is 4.74 Å². The summed E-state index contributed by atoms with van der Waals surface area (Å²) in [5, 5.41) is 0. The number of carbonyl (C=O) groups is 2. The Morgan fingerprint density at radius 3 is 2.65 bits per heavy atom. The summed E-state index contributed by atoms with van der Waals surface area (Å²) in [7, 11) is 0. The smallest absolute Gasteiger partial charge is 0.303 e. The third-order valence-electron chi connectivity index (χ3n) is 2.88. The first-order chi connectivity index (χ1) is 8.09. The molecule has 0 spiro atoms. The van der Waals surface area contributed by atoms with E-state index >= 15 is 0 Å². The molecule has 1 aromatic carbocycles. The average molecular weight is 233 g/mol. The number of hydrogen-bond donors (Lipinski definition) is 0. The monoisotopic (exact) mass is 233 g/mol. The summed E-state index contributed by atoms with van der Waals surface area (Å²) in [4.78, 5) is 24.3. The van der Waals surface area contributed by atoms with E-state index in [9.17, 15) is 9.59 Å². The molecule has 0 bridgehead atoms. The molecule has 0 saturated heterocycles. The summed E-state index contributed by atoms with van der Waals surface area (Å²) in [5.41, 5.74) is 1.75. The molecule has 1 aliphatic heterocycles. The van der Waals surface area contributed by atoms with E-state index in [1.807, 2.05) is 24.3 Å². The van der Waals surface area contributed by atoms with E-state index in [-0.39, 0.29) is 18.0 Å². The highest BCUT2D eigenvalue weighted by Crippen LogP contribution is 2.35. The molecule has 0 N–H and O–H groups in total. The van der Waals surface area contributed by atoms with E-state index in [1.54, 1.807) is 11.8 Å². The SMILES string of the molecule is CC(=O)OC1CCN(C(C)=O)c2ccccc21. The van der Waals surface area contributed by atoms with E-state index < -0.39 is 0 Å². The molecule has 4 heteroatoms. The van der Waals surface area contributed by atoms with Crippen molar-refractivity contribution in [3.8, 4) is 0 Å². The molecule has 4 nitrogen and oxygen atoms in total. The van der Waals surface area contributed by atoms with Crippen LogP contribution in [-0.4, -0.2) is 18.4 Å². The lowest BCUT2D eigenvalue weighted by molar-refractivity contribution is -0.147. The molecule has 1 aliphatic rings.